The van der Waals surface area contributed by atoms with Crippen LogP contribution in [0, 0.1) is 5.92 Å². The summed E-state index contributed by atoms with van der Waals surface area (Å²) in [5, 5.41) is 41.3. The van der Waals surface area contributed by atoms with Crippen LogP contribution in [0.1, 0.15) is 89.2 Å². The fraction of sp³-hybridized carbons (Fsp3) is 0.554. The maximum absolute atomic E-state index is 14.8. The van der Waals surface area contributed by atoms with E-state index in [1.165, 1.54) is 17.0 Å². The predicted molar refractivity (Wildman–Crippen MR) is 319 cm³/mol. The average Bonchev–Trinajstić information content (AvgIpc) is 2.30. The number of nitrogens with two attached hydrogens (primary N) is 6. The molecule has 31 nitrogen and oxygen atoms in total. The number of rotatable bonds is 36. The monoisotopic (exact) mass is 1220 g/mol. The molecular weight excluding hydrogens is 1130 g/mol. The topological polar surface area (TPSA) is 512 Å². The van der Waals surface area contributed by atoms with Crippen LogP contribution >= 0.6 is 0 Å². The van der Waals surface area contributed by atoms with E-state index in [4.69, 9.17) is 34.4 Å². The molecule has 0 saturated carbocycles. The van der Waals surface area contributed by atoms with E-state index in [9.17, 15) is 63.0 Å². The number of phenols is 1. The third kappa shape index (κ3) is 25.5. The van der Waals surface area contributed by atoms with Gasteiger partial charge in [0.05, 0.1) is 13.0 Å². The summed E-state index contributed by atoms with van der Waals surface area (Å²) in [7, 11) is 0. The number of hydrogen-bond donors (Lipinski definition) is 16. The van der Waals surface area contributed by atoms with Crippen molar-refractivity contribution in [1.29, 1.82) is 0 Å². The third-order valence-corrected chi connectivity index (χ3v) is 14.2. The van der Waals surface area contributed by atoms with Gasteiger partial charge in [0.2, 0.25) is 59.1 Å². The molecule has 4 rings (SSSR count). The van der Waals surface area contributed by atoms with Crippen LogP contribution in [0.3, 0.4) is 0 Å². The molecule has 2 aliphatic heterocycles. The van der Waals surface area contributed by atoms with Crippen molar-refractivity contribution in [2.45, 2.75) is 139 Å². The van der Waals surface area contributed by atoms with Gasteiger partial charge in [0.15, 0.2) is 11.9 Å². The van der Waals surface area contributed by atoms with Gasteiger partial charge in [-0.05, 0) is 80.5 Å². The summed E-state index contributed by atoms with van der Waals surface area (Å²) in [5.41, 5.74) is 33.9. The highest BCUT2D eigenvalue weighted by Gasteiger charge is 2.40. The summed E-state index contributed by atoms with van der Waals surface area (Å²) in [5.74, 6) is -10.5. The minimum Gasteiger partial charge on any atom is -0.508 e. The molecule has 0 aliphatic carbocycles. The van der Waals surface area contributed by atoms with Gasteiger partial charge in [0.1, 0.15) is 54.1 Å². The third-order valence-electron chi connectivity index (χ3n) is 14.2. The number of amides is 10. The number of benzene rings is 2. The number of aromatic hydroxyl groups is 1. The van der Waals surface area contributed by atoms with E-state index < -0.39 is 133 Å². The molecular formula is C56H86N18O13. The first-order valence-corrected chi connectivity index (χ1v) is 28.9. The molecule has 22 N–H and O–H groups in total. The van der Waals surface area contributed by atoms with Crippen LogP contribution < -0.4 is 76.9 Å². The first kappa shape index (κ1) is 70.4. The Labute approximate surface area is 504 Å². The maximum Gasteiger partial charge on any atom is 0.303 e. The number of aliphatic imine (C=N–C) groups is 2. The number of nitrogens with one attached hydrogen (secondary N) is 8. The van der Waals surface area contributed by atoms with Crippen LogP contribution in [0.2, 0.25) is 0 Å². The zero-order chi connectivity index (χ0) is 64.2. The number of likely N-dealkylation sites (tertiary alicyclic amines) is 1. The van der Waals surface area contributed by atoms with Crippen LogP contribution in [0.5, 0.6) is 5.75 Å². The molecule has 478 valence electrons. The number of carboxylic acid groups (broad SMARTS) is 1. The van der Waals surface area contributed by atoms with Crippen molar-refractivity contribution in [3.05, 3.63) is 65.7 Å². The quantitative estimate of drug-likeness (QED) is 0.0172. The number of nitrogens with zero attached hydrogens (tertiary/aromatic N) is 4. The van der Waals surface area contributed by atoms with Gasteiger partial charge in [-0.25, -0.2) is 0 Å². The highest BCUT2D eigenvalue weighted by molar-refractivity contribution is 5.99. The van der Waals surface area contributed by atoms with Gasteiger partial charge < -0.3 is 92.0 Å². The first-order valence-electron chi connectivity index (χ1n) is 28.9. The summed E-state index contributed by atoms with van der Waals surface area (Å²) in [4.78, 5) is 161. The zero-order valence-electron chi connectivity index (χ0n) is 49.2. The molecule has 2 saturated heterocycles. The number of aliphatic carboxylic acids is 1. The lowest BCUT2D eigenvalue weighted by Crippen LogP contribution is -2.60. The molecule has 0 unspecified atom stereocenters. The fourth-order valence-electron chi connectivity index (χ4n) is 9.78. The van der Waals surface area contributed by atoms with Crippen molar-refractivity contribution in [1.82, 2.24) is 52.3 Å². The van der Waals surface area contributed by atoms with Gasteiger partial charge >= 0.3 is 5.97 Å². The molecule has 2 aromatic carbocycles. The Morgan fingerprint density at radius 3 is 1.64 bits per heavy atom. The Morgan fingerprint density at radius 2 is 1.09 bits per heavy atom. The Bertz CT molecular complexity index is 2740. The molecule has 0 radical (unpaired) electrons. The van der Waals surface area contributed by atoms with Gasteiger partial charge in [-0.1, -0.05) is 56.3 Å². The maximum atomic E-state index is 14.8. The van der Waals surface area contributed by atoms with Crippen LogP contribution in [0.4, 0.5) is 0 Å². The molecule has 0 spiro atoms. The van der Waals surface area contributed by atoms with Crippen molar-refractivity contribution in [2.24, 2.45) is 50.3 Å². The van der Waals surface area contributed by atoms with Gasteiger partial charge in [-0.2, -0.15) is 0 Å². The normalized spacial score (nSPS) is 16.4. The second-order valence-corrected chi connectivity index (χ2v) is 21.8. The molecule has 0 aromatic heterocycles. The molecule has 2 aromatic rings. The van der Waals surface area contributed by atoms with Crippen LogP contribution in [-0.2, 0) is 65.6 Å². The minimum absolute atomic E-state index is 0.0177. The molecule has 31 heteroatoms. The molecule has 2 heterocycles. The highest BCUT2D eigenvalue weighted by Crippen LogP contribution is 2.21. The lowest BCUT2D eigenvalue weighted by atomic mass is 9.99. The summed E-state index contributed by atoms with van der Waals surface area (Å²) in [6.07, 6.45) is -1.39. The molecule has 2 aliphatic rings. The summed E-state index contributed by atoms with van der Waals surface area (Å²) < 4.78 is 0. The van der Waals surface area contributed by atoms with Gasteiger partial charge in [0.25, 0.3) is 0 Å². The van der Waals surface area contributed by atoms with E-state index in [1.54, 1.807) is 56.3 Å². The van der Waals surface area contributed by atoms with Gasteiger partial charge in [0, 0.05) is 65.1 Å². The fourth-order valence-corrected chi connectivity index (χ4v) is 9.78. The van der Waals surface area contributed by atoms with Crippen molar-refractivity contribution < 1.29 is 63.0 Å². The van der Waals surface area contributed by atoms with E-state index in [-0.39, 0.29) is 101 Å². The number of carbonyl (C=O) groups excluding carboxylic acids is 10. The Kier molecular flexibility index (Phi) is 29.1. The molecule has 87 heavy (non-hydrogen) atoms. The zero-order valence-corrected chi connectivity index (χ0v) is 49.2. The van der Waals surface area contributed by atoms with Crippen LogP contribution in [0.15, 0.2) is 64.6 Å². The summed E-state index contributed by atoms with van der Waals surface area (Å²) in [6, 6.07) is 3.31. The van der Waals surface area contributed by atoms with E-state index >= 15 is 0 Å². The smallest absolute Gasteiger partial charge is 0.303 e. The van der Waals surface area contributed by atoms with Crippen molar-refractivity contribution >= 4 is 77.0 Å². The van der Waals surface area contributed by atoms with E-state index in [2.05, 4.69) is 52.5 Å². The summed E-state index contributed by atoms with van der Waals surface area (Å²) in [6.45, 7) is 6.05. The van der Waals surface area contributed by atoms with Crippen molar-refractivity contribution in [2.75, 3.05) is 52.4 Å². The summed E-state index contributed by atoms with van der Waals surface area (Å²) >= 11 is 0. The SMILES string of the molecule is CC(C)C[C@H](NC(=O)[C@H](CCC(=O)O)NC(=O)[C@H](Cc1ccc(O)cc1)NC(=O)CN1CCNCC1)C(=O)N[C@@H](Cc1ccccc1)C(=O)N[C@@H](CCCN=C(N)N)C(=O)N1CCC[C@H]1C(=O)N[C@@H](CCCN=C(N)N)C(=O)N[C@@H](CC(N)=O)C(N)=O. The Morgan fingerprint density at radius 1 is 0.598 bits per heavy atom. The number of carbonyl (C=O) groups is 11. The molecule has 8 atom stereocenters. The lowest BCUT2D eigenvalue weighted by molar-refractivity contribution is -0.142. The van der Waals surface area contributed by atoms with Crippen LogP contribution in [-0.4, -0.2) is 198 Å². The Hall–Kier alpha value is -9.13. The van der Waals surface area contributed by atoms with E-state index in [0.29, 0.717) is 43.7 Å². The average molecular weight is 1220 g/mol. The molecule has 2 fully saturated rings. The number of primary amides is 2. The number of carboxylic acids is 1. The number of guanidine groups is 2. The van der Waals surface area contributed by atoms with E-state index in [0.717, 1.165) is 0 Å². The van der Waals surface area contributed by atoms with E-state index in [1.807, 2.05) is 4.90 Å². The second kappa shape index (κ2) is 36.0. The molecule has 0 bridgehead atoms. The number of phenolic OH excluding ortho intramolecular Hbond substituents is 1. The van der Waals surface area contributed by atoms with Gasteiger partial charge in [-0.3, -0.25) is 67.6 Å². The second-order valence-electron chi connectivity index (χ2n) is 21.8. The first-order chi connectivity index (χ1) is 41.3. The Balaban J connectivity index is 1.62. The number of piperazine rings is 1. The highest BCUT2D eigenvalue weighted by atomic mass is 16.4. The van der Waals surface area contributed by atoms with Crippen molar-refractivity contribution in [3.8, 4) is 5.75 Å². The lowest BCUT2D eigenvalue weighted by Gasteiger charge is -2.31. The van der Waals surface area contributed by atoms with Gasteiger partial charge in [-0.15, -0.1) is 0 Å². The number of hydrogen-bond acceptors (Lipinski definition) is 16. The van der Waals surface area contributed by atoms with Crippen LogP contribution in [0.25, 0.3) is 0 Å². The largest absolute Gasteiger partial charge is 0.508 e. The standard InChI is InChI=1S/C56H86N18O13/c1-32(2)27-40(71-49(82)37(18-19-46(78)79)67-51(84)41(29-34-14-16-35(75)17-15-34)66-45(77)31-73-25-22-63-23-26-73)50(83)72-42(28-33-9-4-3-5-10-33)52(85)69-38(12-7-21-65-56(61)62)54(87)74-24-8-13-43(74)53(86)68-36(11-6-20-64-55(59)60)48(81)70-39(47(58)80)30-44(57)76/h3-5,9-10,14-17,32,36-43,63,75H,6-8,11-13,18-31H2,1-2H3,(H2,57,76)(H2,58,80)(H,66,77)(H,67,84)(H,68,86)(H,69,85)(H,70,81)(H,71,82)(H,72,83)(H,78,79)(H4,59,60,64)(H4,61,62,65)/t36-,37-,38-,39-,40-,41-,42-,43-/m0/s1. The minimum atomic E-state index is -1.56. The predicted octanol–water partition coefficient (Wildman–Crippen LogP) is -5.15. The molecule has 10 amide bonds. The van der Waals surface area contributed by atoms with Crippen molar-refractivity contribution in [3.63, 3.8) is 0 Å².